The molecule has 1 aromatic heterocycles. The summed E-state index contributed by atoms with van der Waals surface area (Å²) in [5, 5.41) is 0. The SMILES string of the molecule is NC(=O)CC[C@H]1CCCN(Cc2cccc3nccnc23)C1. The van der Waals surface area contributed by atoms with Gasteiger partial charge in [0.25, 0.3) is 0 Å². The summed E-state index contributed by atoms with van der Waals surface area (Å²) in [6.45, 7) is 3.02. The highest BCUT2D eigenvalue weighted by molar-refractivity contribution is 5.77. The first-order valence-electron chi connectivity index (χ1n) is 7.91. The first-order chi connectivity index (χ1) is 10.7. The van der Waals surface area contributed by atoms with Crippen molar-refractivity contribution in [3.8, 4) is 0 Å². The number of primary amides is 1. The van der Waals surface area contributed by atoms with E-state index >= 15 is 0 Å². The smallest absolute Gasteiger partial charge is 0.217 e. The number of fused-ring (bicyclic) bond motifs is 1. The minimum atomic E-state index is -0.193. The van der Waals surface area contributed by atoms with E-state index in [-0.39, 0.29) is 5.91 Å². The van der Waals surface area contributed by atoms with E-state index in [0.29, 0.717) is 12.3 Å². The lowest BCUT2D eigenvalue weighted by atomic mass is 9.93. The van der Waals surface area contributed by atoms with E-state index in [9.17, 15) is 4.79 Å². The number of aromatic nitrogens is 2. The van der Waals surface area contributed by atoms with Gasteiger partial charge in [0.15, 0.2) is 0 Å². The van der Waals surface area contributed by atoms with Gasteiger partial charge in [-0.2, -0.15) is 0 Å². The van der Waals surface area contributed by atoms with Crippen LogP contribution in [0.3, 0.4) is 0 Å². The Labute approximate surface area is 130 Å². The standard InChI is InChI=1S/C17H22N4O/c18-16(22)7-6-13-3-2-10-21(11-13)12-14-4-1-5-15-17(14)20-9-8-19-15/h1,4-5,8-9,13H,2-3,6-7,10-12H2,(H2,18,22)/t13-/m1/s1. The van der Waals surface area contributed by atoms with Crippen molar-refractivity contribution >= 4 is 16.9 Å². The van der Waals surface area contributed by atoms with Crippen LogP contribution in [-0.4, -0.2) is 33.9 Å². The molecule has 1 aliphatic heterocycles. The van der Waals surface area contributed by atoms with Gasteiger partial charge in [-0.1, -0.05) is 12.1 Å². The lowest BCUT2D eigenvalue weighted by molar-refractivity contribution is -0.118. The normalized spacial score (nSPS) is 19.4. The number of hydrogen-bond donors (Lipinski definition) is 1. The first kappa shape index (κ1) is 14.9. The van der Waals surface area contributed by atoms with Crippen LogP contribution in [-0.2, 0) is 11.3 Å². The summed E-state index contributed by atoms with van der Waals surface area (Å²) in [5.41, 5.74) is 8.42. The average Bonchev–Trinajstić information content (AvgIpc) is 2.54. The van der Waals surface area contributed by atoms with Crippen LogP contribution >= 0.6 is 0 Å². The molecule has 0 spiro atoms. The number of piperidine rings is 1. The molecule has 1 atom stereocenters. The van der Waals surface area contributed by atoms with Gasteiger partial charge in [-0.25, -0.2) is 0 Å². The molecule has 2 aromatic rings. The second-order valence-electron chi connectivity index (χ2n) is 6.09. The molecular weight excluding hydrogens is 276 g/mol. The first-order valence-corrected chi connectivity index (χ1v) is 7.91. The van der Waals surface area contributed by atoms with Crippen molar-refractivity contribution in [2.45, 2.75) is 32.2 Å². The Balaban J connectivity index is 1.68. The molecule has 1 amide bonds. The van der Waals surface area contributed by atoms with Gasteiger partial charge in [0.2, 0.25) is 5.91 Å². The van der Waals surface area contributed by atoms with Crippen LogP contribution in [0.25, 0.3) is 11.0 Å². The number of carbonyl (C=O) groups excluding carboxylic acids is 1. The number of hydrogen-bond acceptors (Lipinski definition) is 4. The Bertz CT molecular complexity index is 653. The maximum Gasteiger partial charge on any atom is 0.217 e. The van der Waals surface area contributed by atoms with Gasteiger partial charge in [0.1, 0.15) is 0 Å². The molecule has 5 heteroatoms. The van der Waals surface area contributed by atoms with Crippen molar-refractivity contribution in [2.75, 3.05) is 13.1 Å². The maximum absolute atomic E-state index is 11.0. The van der Waals surface area contributed by atoms with Crippen molar-refractivity contribution in [1.29, 1.82) is 0 Å². The van der Waals surface area contributed by atoms with Gasteiger partial charge < -0.3 is 5.73 Å². The highest BCUT2D eigenvalue weighted by atomic mass is 16.1. The lowest BCUT2D eigenvalue weighted by Gasteiger charge is -2.32. The predicted octanol–water partition coefficient (Wildman–Crippen LogP) is 2.11. The van der Waals surface area contributed by atoms with Crippen molar-refractivity contribution in [1.82, 2.24) is 14.9 Å². The largest absolute Gasteiger partial charge is 0.370 e. The van der Waals surface area contributed by atoms with Crippen LogP contribution < -0.4 is 5.73 Å². The Morgan fingerprint density at radius 1 is 1.32 bits per heavy atom. The number of para-hydroxylation sites is 1. The molecule has 22 heavy (non-hydrogen) atoms. The van der Waals surface area contributed by atoms with E-state index in [4.69, 9.17) is 5.73 Å². The molecule has 1 aliphatic rings. The van der Waals surface area contributed by atoms with Gasteiger partial charge in [0, 0.05) is 31.9 Å². The Hall–Kier alpha value is -2.01. The van der Waals surface area contributed by atoms with Gasteiger partial charge in [-0.15, -0.1) is 0 Å². The minimum absolute atomic E-state index is 0.193. The maximum atomic E-state index is 11.0. The van der Waals surface area contributed by atoms with Crippen LogP contribution in [0.5, 0.6) is 0 Å². The Morgan fingerprint density at radius 3 is 3.05 bits per heavy atom. The molecule has 1 fully saturated rings. The highest BCUT2D eigenvalue weighted by Gasteiger charge is 2.21. The third kappa shape index (κ3) is 3.60. The Kier molecular flexibility index (Phi) is 4.63. The molecule has 1 saturated heterocycles. The number of nitrogens with two attached hydrogens (primary N) is 1. The summed E-state index contributed by atoms with van der Waals surface area (Å²) >= 11 is 0. The Morgan fingerprint density at radius 2 is 2.18 bits per heavy atom. The summed E-state index contributed by atoms with van der Waals surface area (Å²) in [4.78, 5) is 22.3. The minimum Gasteiger partial charge on any atom is -0.370 e. The lowest BCUT2D eigenvalue weighted by Crippen LogP contribution is -2.35. The summed E-state index contributed by atoms with van der Waals surface area (Å²) < 4.78 is 0. The quantitative estimate of drug-likeness (QED) is 0.917. The molecule has 3 rings (SSSR count). The third-order valence-corrected chi connectivity index (χ3v) is 4.38. The molecule has 0 unspecified atom stereocenters. The molecule has 0 bridgehead atoms. The molecule has 2 N–H and O–H groups in total. The fourth-order valence-corrected chi connectivity index (χ4v) is 3.30. The number of likely N-dealkylation sites (tertiary alicyclic amines) is 1. The summed E-state index contributed by atoms with van der Waals surface area (Å²) in [6, 6.07) is 6.17. The zero-order valence-corrected chi connectivity index (χ0v) is 12.7. The second-order valence-corrected chi connectivity index (χ2v) is 6.09. The van der Waals surface area contributed by atoms with E-state index in [1.54, 1.807) is 12.4 Å². The molecule has 116 valence electrons. The molecular formula is C17H22N4O. The van der Waals surface area contributed by atoms with Gasteiger partial charge >= 0.3 is 0 Å². The van der Waals surface area contributed by atoms with Crippen LogP contribution in [0.1, 0.15) is 31.2 Å². The zero-order valence-electron chi connectivity index (χ0n) is 12.7. The topological polar surface area (TPSA) is 72.1 Å². The molecule has 5 nitrogen and oxygen atoms in total. The predicted molar refractivity (Wildman–Crippen MR) is 86.0 cm³/mol. The third-order valence-electron chi connectivity index (χ3n) is 4.38. The number of rotatable bonds is 5. The van der Waals surface area contributed by atoms with Crippen molar-refractivity contribution in [2.24, 2.45) is 11.7 Å². The second kappa shape index (κ2) is 6.83. The van der Waals surface area contributed by atoms with Crippen molar-refractivity contribution in [3.05, 3.63) is 36.2 Å². The van der Waals surface area contributed by atoms with E-state index in [1.807, 2.05) is 12.1 Å². The summed E-state index contributed by atoms with van der Waals surface area (Å²) in [5.74, 6) is 0.378. The highest BCUT2D eigenvalue weighted by Crippen LogP contribution is 2.24. The van der Waals surface area contributed by atoms with Gasteiger partial charge in [-0.05, 0) is 43.4 Å². The summed E-state index contributed by atoms with van der Waals surface area (Å²) in [7, 11) is 0. The fourth-order valence-electron chi connectivity index (χ4n) is 3.30. The monoisotopic (exact) mass is 298 g/mol. The number of benzene rings is 1. The molecule has 2 heterocycles. The average molecular weight is 298 g/mol. The van der Waals surface area contributed by atoms with E-state index in [0.717, 1.165) is 37.1 Å². The van der Waals surface area contributed by atoms with Crippen molar-refractivity contribution in [3.63, 3.8) is 0 Å². The van der Waals surface area contributed by atoms with Crippen LogP contribution in [0, 0.1) is 5.92 Å². The molecule has 0 aliphatic carbocycles. The number of nitrogens with zero attached hydrogens (tertiary/aromatic N) is 3. The molecule has 0 radical (unpaired) electrons. The van der Waals surface area contributed by atoms with E-state index in [2.05, 4.69) is 20.9 Å². The fraction of sp³-hybridized carbons (Fsp3) is 0.471. The van der Waals surface area contributed by atoms with E-state index in [1.165, 1.54) is 18.4 Å². The van der Waals surface area contributed by atoms with E-state index < -0.39 is 0 Å². The van der Waals surface area contributed by atoms with Crippen LogP contribution in [0.15, 0.2) is 30.6 Å². The molecule has 0 saturated carbocycles. The van der Waals surface area contributed by atoms with Crippen LogP contribution in [0.4, 0.5) is 0 Å². The number of carbonyl (C=O) groups is 1. The van der Waals surface area contributed by atoms with Gasteiger partial charge in [0.05, 0.1) is 11.0 Å². The summed E-state index contributed by atoms with van der Waals surface area (Å²) in [6.07, 6.45) is 7.25. The zero-order chi connectivity index (χ0) is 15.4. The van der Waals surface area contributed by atoms with Gasteiger partial charge in [-0.3, -0.25) is 19.7 Å². The molecule has 1 aromatic carbocycles. The van der Waals surface area contributed by atoms with Crippen molar-refractivity contribution < 1.29 is 4.79 Å². The van der Waals surface area contributed by atoms with Crippen LogP contribution in [0.2, 0.25) is 0 Å². The number of amides is 1.